The van der Waals surface area contributed by atoms with Gasteiger partial charge in [0, 0.05) is 17.1 Å². The Morgan fingerprint density at radius 1 is 1.14 bits per heavy atom. The smallest absolute Gasteiger partial charge is 0.252 e. The highest BCUT2D eigenvalue weighted by Gasteiger charge is 2.23. The molecule has 0 saturated carbocycles. The van der Waals surface area contributed by atoms with E-state index in [4.69, 9.17) is 14.7 Å². The van der Waals surface area contributed by atoms with Gasteiger partial charge >= 0.3 is 0 Å². The van der Waals surface area contributed by atoms with Crippen molar-refractivity contribution in [1.82, 2.24) is 10.6 Å². The second-order valence-corrected chi connectivity index (χ2v) is 7.00. The van der Waals surface area contributed by atoms with Crippen LogP contribution in [0.3, 0.4) is 0 Å². The first kappa shape index (κ1) is 19.6. The van der Waals surface area contributed by atoms with Crippen molar-refractivity contribution in [2.24, 2.45) is 0 Å². The molecule has 8 heteroatoms. The molecule has 144 valence electrons. The van der Waals surface area contributed by atoms with Gasteiger partial charge in [-0.1, -0.05) is 30.3 Å². The highest BCUT2D eigenvalue weighted by Crippen LogP contribution is 2.32. The number of thioether (sulfide) groups is 1. The summed E-state index contributed by atoms with van der Waals surface area (Å²) in [6.07, 6.45) is 0. The van der Waals surface area contributed by atoms with Crippen LogP contribution in [-0.4, -0.2) is 36.9 Å². The van der Waals surface area contributed by atoms with Crippen molar-refractivity contribution in [2.45, 2.75) is 11.8 Å². The number of rotatable bonds is 8. The van der Waals surface area contributed by atoms with E-state index in [2.05, 4.69) is 10.6 Å². The first-order chi connectivity index (χ1) is 13.7. The number of ether oxygens (including phenoxy) is 2. The molecule has 2 N–H and O–H groups in total. The normalized spacial score (nSPS) is 12.7. The molecule has 3 rings (SSSR count). The number of benzene rings is 2. The van der Waals surface area contributed by atoms with Crippen LogP contribution in [0.1, 0.15) is 15.9 Å². The molecular weight excluding hydrogens is 378 g/mol. The Kier molecular flexibility index (Phi) is 6.76. The Labute approximate surface area is 167 Å². The molecule has 0 radical (unpaired) electrons. The largest absolute Gasteiger partial charge is 0.454 e. The zero-order valence-corrected chi connectivity index (χ0v) is 15.8. The summed E-state index contributed by atoms with van der Waals surface area (Å²) < 4.78 is 10.5. The first-order valence-corrected chi connectivity index (χ1v) is 9.79. The molecule has 0 aliphatic carbocycles. The maximum atomic E-state index is 12.6. The van der Waals surface area contributed by atoms with E-state index >= 15 is 0 Å². The molecule has 0 bridgehead atoms. The average Bonchev–Trinajstić information content (AvgIpc) is 3.19. The van der Waals surface area contributed by atoms with Crippen molar-refractivity contribution >= 4 is 23.6 Å². The molecule has 0 saturated heterocycles. The molecule has 0 fully saturated rings. The number of fused-ring (bicyclic) bond motifs is 1. The van der Waals surface area contributed by atoms with Gasteiger partial charge in [-0.05, 0) is 23.8 Å². The van der Waals surface area contributed by atoms with Crippen LogP contribution < -0.4 is 20.1 Å². The van der Waals surface area contributed by atoms with E-state index < -0.39 is 17.9 Å². The third kappa shape index (κ3) is 5.18. The fourth-order valence-electron chi connectivity index (χ4n) is 2.58. The molecule has 2 aromatic carbocycles. The molecule has 1 aliphatic rings. The van der Waals surface area contributed by atoms with Crippen LogP contribution in [0.4, 0.5) is 0 Å². The quantitative estimate of drug-likeness (QED) is 0.662. The monoisotopic (exact) mass is 397 g/mol. The van der Waals surface area contributed by atoms with Gasteiger partial charge in [-0.3, -0.25) is 9.59 Å². The van der Waals surface area contributed by atoms with Crippen LogP contribution >= 0.6 is 11.8 Å². The van der Waals surface area contributed by atoms with E-state index in [1.165, 1.54) is 11.8 Å². The number of carbonyl (C=O) groups excluding carboxylic acids is 2. The summed E-state index contributed by atoms with van der Waals surface area (Å²) >= 11 is 1.53. The standard InChI is InChI=1S/C20H19N3O4S/c21-8-9-22-20(25)16(12-28-11-14-4-2-1-3-5-14)23-19(24)15-6-7-17-18(10-15)27-13-26-17/h1-7,10,16H,9,11-13H2,(H,22,25)(H,23,24)/t16-/m0/s1. The number of carbonyl (C=O) groups is 2. The second kappa shape index (κ2) is 9.67. The summed E-state index contributed by atoms with van der Waals surface area (Å²) in [6, 6.07) is 15.8. The van der Waals surface area contributed by atoms with Gasteiger partial charge in [0.25, 0.3) is 5.91 Å². The molecule has 7 nitrogen and oxygen atoms in total. The molecule has 0 aromatic heterocycles. The van der Waals surface area contributed by atoms with Crippen molar-refractivity contribution < 1.29 is 19.1 Å². The van der Waals surface area contributed by atoms with Crippen molar-refractivity contribution in [3.63, 3.8) is 0 Å². The lowest BCUT2D eigenvalue weighted by molar-refractivity contribution is -0.122. The minimum Gasteiger partial charge on any atom is -0.454 e. The van der Waals surface area contributed by atoms with Crippen LogP contribution in [0.15, 0.2) is 48.5 Å². The average molecular weight is 397 g/mol. The van der Waals surface area contributed by atoms with Gasteiger partial charge < -0.3 is 20.1 Å². The fraction of sp³-hybridized carbons (Fsp3) is 0.250. The summed E-state index contributed by atoms with van der Waals surface area (Å²) in [7, 11) is 0. The van der Waals surface area contributed by atoms with Crippen molar-refractivity contribution in [2.75, 3.05) is 19.1 Å². The minimum absolute atomic E-state index is 0.113. The van der Waals surface area contributed by atoms with Gasteiger partial charge in [-0.15, -0.1) is 0 Å². The molecule has 2 aromatic rings. The van der Waals surface area contributed by atoms with Gasteiger partial charge in [0.2, 0.25) is 12.7 Å². The van der Waals surface area contributed by atoms with Crippen LogP contribution in [-0.2, 0) is 10.5 Å². The fourth-order valence-corrected chi connectivity index (χ4v) is 3.60. The Morgan fingerprint density at radius 3 is 2.71 bits per heavy atom. The maximum absolute atomic E-state index is 12.6. The molecule has 1 atom stereocenters. The zero-order valence-electron chi connectivity index (χ0n) is 15.0. The number of nitrogens with zero attached hydrogens (tertiary/aromatic N) is 1. The van der Waals surface area contributed by atoms with Crippen molar-refractivity contribution in [3.05, 3.63) is 59.7 Å². The van der Waals surface area contributed by atoms with Crippen LogP contribution in [0.25, 0.3) is 0 Å². The summed E-state index contributed by atoms with van der Waals surface area (Å²) in [5.74, 6) is 1.38. The predicted octanol–water partition coefficient (Wildman–Crippen LogP) is 2.09. The highest BCUT2D eigenvalue weighted by atomic mass is 32.2. The third-order valence-corrected chi connectivity index (χ3v) is 5.10. The lowest BCUT2D eigenvalue weighted by Crippen LogP contribution is -2.48. The molecule has 1 aliphatic heterocycles. The first-order valence-electron chi connectivity index (χ1n) is 8.64. The second-order valence-electron chi connectivity index (χ2n) is 5.97. The molecule has 1 heterocycles. The molecule has 0 spiro atoms. The summed E-state index contributed by atoms with van der Waals surface area (Å²) in [4.78, 5) is 25.0. The molecule has 28 heavy (non-hydrogen) atoms. The topological polar surface area (TPSA) is 100 Å². The predicted molar refractivity (Wildman–Crippen MR) is 105 cm³/mol. The van der Waals surface area contributed by atoms with Gasteiger partial charge in [0.05, 0.1) is 6.07 Å². The number of hydrogen-bond acceptors (Lipinski definition) is 6. The van der Waals surface area contributed by atoms with E-state index in [9.17, 15) is 9.59 Å². The van der Waals surface area contributed by atoms with E-state index in [0.717, 1.165) is 5.56 Å². The van der Waals surface area contributed by atoms with Gasteiger partial charge in [-0.25, -0.2) is 0 Å². The van der Waals surface area contributed by atoms with Crippen LogP contribution in [0.5, 0.6) is 11.5 Å². The number of nitrogens with one attached hydrogen (secondary N) is 2. The third-order valence-electron chi connectivity index (χ3n) is 3.99. The Balaban J connectivity index is 1.63. The number of amides is 2. The van der Waals surface area contributed by atoms with E-state index in [0.29, 0.717) is 28.6 Å². The van der Waals surface area contributed by atoms with Crippen molar-refractivity contribution in [1.29, 1.82) is 5.26 Å². The number of nitriles is 1. The highest BCUT2D eigenvalue weighted by molar-refractivity contribution is 7.98. The summed E-state index contributed by atoms with van der Waals surface area (Å²) in [5.41, 5.74) is 1.50. The van der Waals surface area contributed by atoms with Gasteiger partial charge in [0.15, 0.2) is 11.5 Å². The molecular formula is C20H19N3O4S. The van der Waals surface area contributed by atoms with E-state index in [1.54, 1.807) is 18.2 Å². The van der Waals surface area contributed by atoms with Gasteiger partial charge in [-0.2, -0.15) is 17.0 Å². The Morgan fingerprint density at radius 2 is 1.93 bits per heavy atom. The molecule has 0 unspecified atom stereocenters. The van der Waals surface area contributed by atoms with Crippen LogP contribution in [0.2, 0.25) is 0 Å². The maximum Gasteiger partial charge on any atom is 0.252 e. The lowest BCUT2D eigenvalue weighted by atomic mass is 10.1. The van der Waals surface area contributed by atoms with E-state index in [-0.39, 0.29) is 13.3 Å². The zero-order chi connectivity index (χ0) is 19.8. The Bertz CT molecular complexity index is 883. The van der Waals surface area contributed by atoms with E-state index in [1.807, 2.05) is 36.4 Å². The van der Waals surface area contributed by atoms with Gasteiger partial charge in [0.1, 0.15) is 12.6 Å². The summed E-state index contributed by atoms with van der Waals surface area (Å²) in [5, 5.41) is 13.9. The van der Waals surface area contributed by atoms with Crippen LogP contribution in [0, 0.1) is 11.3 Å². The lowest BCUT2D eigenvalue weighted by Gasteiger charge is -2.17. The van der Waals surface area contributed by atoms with Crippen molar-refractivity contribution in [3.8, 4) is 17.6 Å². The Hall–Kier alpha value is -3.18. The number of hydrogen-bond donors (Lipinski definition) is 2. The summed E-state index contributed by atoms with van der Waals surface area (Å²) in [6.45, 7) is 0.00824. The molecule has 2 amide bonds. The minimum atomic E-state index is -0.764. The SMILES string of the molecule is N#CCNC(=O)[C@H](CSCc1ccccc1)NC(=O)c1ccc2c(c1)OCO2.